The van der Waals surface area contributed by atoms with E-state index in [0.717, 1.165) is 5.56 Å². The van der Waals surface area contributed by atoms with Crippen LogP contribution in [0, 0.1) is 10.1 Å². The van der Waals surface area contributed by atoms with Crippen molar-refractivity contribution < 1.29 is 19.1 Å². The van der Waals surface area contributed by atoms with Crippen molar-refractivity contribution in [1.82, 2.24) is 15.6 Å². The van der Waals surface area contributed by atoms with Crippen LogP contribution in [-0.4, -0.2) is 21.2 Å². The fraction of sp³-hybridized carbons (Fsp3) is 0.227. The normalized spacial score (nSPS) is 17.5. The lowest BCUT2D eigenvalue weighted by Gasteiger charge is -2.27. The van der Waals surface area contributed by atoms with E-state index in [0.29, 0.717) is 28.0 Å². The molecule has 1 aliphatic rings. The molecule has 0 saturated heterocycles. The number of rotatable bonds is 5. The zero-order chi connectivity index (χ0) is 22.1. The van der Waals surface area contributed by atoms with Crippen LogP contribution >= 0.6 is 0 Å². The minimum Gasteiger partial charge on any atom is -0.454 e. The Hall–Kier alpha value is -4.01. The number of nitro groups is 1. The van der Waals surface area contributed by atoms with Crippen molar-refractivity contribution in [3.05, 3.63) is 92.4 Å². The summed E-state index contributed by atoms with van der Waals surface area (Å²) in [5, 5.41) is 22.7. The van der Waals surface area contributed by atoms with Gasteiger partial charge in [0.05, 0.1) is 16.2 Å². The average molecular weight is 420 g/mol. The summed E-state index contributed by atoms with van der Waals surface area (Å²) in [5.74, 6) is -1.64. The van der Waals surface area contributed by atoms with Gasteiger partial charge < -0.3 is 10.1 Å². The van der Waals surface area contributed by atoms with Gasteiger partial charge in [-0.2, -0.15) is 0 Å². The van der Waals surface area contributed by atoms with E-state index in [2.05, 4.69) is 15.6 Å². The number of carbonyl (C=O) groups excluding carboxylic acids is 1. The summed E-state index contributed by atoms with van der Waals surface area (Å²) in [6.45, 7) is 5.05. The smallest absolute Gasteiger partial charge is 0.337 e. The molecule has 2 heterocycles. The number of esters is 1. The maximum absolute atomic E-state index is 13.3. The number of hydrogen-bond acceptors (Lipinski definition) is 8. The monoisotopic (exact) mass is 420 g/mol. The van der Waals surface area contributed by atoms with E-state index in [-0.39, 0.29) is 11.3 Å². The van der Waals surface area contributed by atoms with Crippen LogP contribution in [0.1, 0.15) is 43.9 Å². The molecule has 0 fully saturated rings. The van der Waals surface area contributed by atoms with Gasteiger partial charge in [-0.3, -0.25) is 10.1 Å². The first-order chi connectivity index (χ1) is 14.9. The molecule has 0 amide bonds. The molecule has 31 heavy (non-hydrogen) atoms. The minimum atomic E-state index is -0.998. The first-order valence-corrected chi connectivity index (χ1v) is 9.68. The van der Waals surface area contributed by atoms with Gasteiger partial charge in [-0.15, -0.1) is 0 Å². The highest BCUT2D eigenvalue weighted by molar-refractivity contribution is 5.94. The van der Waals surface area contributed by atoms with Gasteiger partial charge in [-0.1, -0.05) is 42.5 Å². The van der Waals surface area contributed by atoms with Crippen LogP contribution in [0.25, 0.3) is 11.0 Å². The van der Waals surface area contributed by atoms with Crippen molar-refractivity contribution in [3.8, 4) is 0 Å². The van der Waals surface area contributed by atoms with E-state index < -0.39 is 22.9 Å². The largest absolute Gasteiger partial charge is 0.454 e. The summed E-state index contributed by atoms with van der Waals surface area (Å²) in [6, 6.07) is 14.3. The molecular formula is C22H20N4O5. The predicted molar refractivity (Wildman–Crippen MR) is 111 cm³/mol. The van der Waals surface area contributed by atoms with E-state index in [9.17, 15) is 14.9 Å². The first-order valence-electron chi connectivity index (χ1n) is 9.68. The third-order valence-corrected chi connectivity index (χ3v) is 5.32. The third kappa shape index (κ3) is 3.65. The fourth-order valence-electron chi connectivity index (χ4n) is 3.87. The Kier molecular flexibility index (Phi) is 5.24. The molecule has 0 saturated carbocycles. The number of nitrogens with zero attached hydrogens (tertiary/aromatic N) is 3. The molecule has 0 bridgehead atoms. The van der Waals surface area contributed by atoms with Gasteiger partial charge in [-0.25, -0.2) is 9.42 Å². The van der Waals surface area contributed by atoms with Crippen LogP contribution < -0.4 is 5.32 Å². The average Bonchev–Trinajstić information content (AvgIpc) is 3.22. The number of allylic oxidation sites excluding steroid dienone is 3. The number of ether oxygens (including phenoxy) is 1. The van der Waals surface area contributed by atoms with Crippen molar-refractivity contribution >= 4 is 17.0 Å². The highest BCUT2D eigenvalue weighted by atomic mass is 16.6. The number of dihydropyridines is 1. The summed E-state index contributed by atoms with van der Waals surface area (Å²) in [5.41, 5.74) is 2.88. The molecule has 4 rings (SSSR count). The molecule has 0 aliphatic carbocycles. The van der Waals surface area contributed by atoms with Crippen LogP contribution in [-0.2, 0) is 9.53 Å². The van der Waals surface area contributed by atoms with E-state index in [4.69, 9.17) is 9.37 Å². The molecule has 1 aliphatic heterocycles. The zero-order valence-corrected chi connectivity index (χ0v) is 17.2. The second-order valence-corrected chi connectivity index (χ2v) is 7.30. The van der Waals surface area contributed by atoms with Crippen LogP contribution in [0.15, 0.2) is 75.8 Å². The highest BCUT2D eigenvalue weighted by Gasteiger charge is 2.42. The lowest BCUT2D eigenvalue weighted by Crippen LogP contribution is -2.32. The Morgan fingerprint density at radius 3 is 2.58 bits per heavy atom. The maximum Gasteiger partial charge on any atom is 0.337 e. The van der Waals surface area contributed by atoms with Gasteiger partial charge >= 0.3 is 5.97 Å². The van der Waals surface area contributed by atoms with E-state index in [1.54, 1.807) is 39.0 Å². The van der Waals surface area contributed by atoms with Gasteiger partial charge in [-0.05, 0) is 42.7 Å². The summed E-state index contributed by atoms with van der Waals surface area (Å²) in [4.78, 5) is 24.8. The molecule has 1 N–H and O–H groups in total. The molecule has 1 aromatic heterocycles. The number of benzene rings is 2. The topological polar surface area (TPSA) is 120 Å². The standard InChI is InChI=1S/C22H20N4O5/c1-12-18(22(27)30-14(3)15-8-5-4-6-9-15)19(21(26(28)29)13(2)23-12)16-10-7-11-17-20(16)25-31-24-17/h4-11,14,19,23H,1-3H3/t14?,19-/m1/s1. The molecule has 9 heteroatoms. The maximum atomic E-state index is 13.3. The number of carbonyl (C=O) groups is 1. The Labute approximate surface area is 177 Å². The van der Waals surface area contributed by atoms with E-state index in [1.807, 2.05) is 30.3 Å². The second-order valence-electron chi connectivity index (χ2n) is 7.30. The second kappa shape index (κ2) is 8.02. The molecule has 1 unspecified atom stereocenters. The lowest BCUT2D eigenvalue weighted by molar-refractivity contribution is -0.431. The van der Waals surface area contributed by atoms with E-state index >= 15 is 0 Å². The van der Waals surface area contributed by atoms with Crippen molar-refractivity contribution in [3.63, 3.8) is 0 Å². The van der Waals surface area contributed by atoms with Crippen LogP contribution in [0.3, 0.4) is 0 Å². The SMILES string of the molecule is CC1=C(C(=O)OC(C)c2ccccc2)[C@@H](c2cccc3nonc23)C([N+](=O)[O-])=C(C)N1. The lowest BCUT2D eigenvalue weighted by atomic mass is 9.83. The van der Waals surface area contributed by atoms with Crippen LogP contribution in [0.2, 0.25) is 0 Å². The van der Waals surface area contributed by atoms with Gasteiger partial charge in [0.25, 0.3) is 5.70 Å². The van der Waals surface area contributed by atoms with Crippen LogP contribution in [0.4, 0.5) is 0 Å². The first kappa shape index (κ1) is 20.3. The zero-order valence-electron chi connectivity index (χ0n) is 17.2. The highest BCUT2D eigenvalue weighted by Crippen LogP contribution is 2.41. The van der Waals surface area contributed by atoms with Gasteiger partial charge in [0.1, 0.15) is 23.1 Å². The predicted octanol–water partition coefficient (Wildman–Crippen LogP) is 4.00. The molecule has 0 radical (unpaired) electrons. The molecule has 0 spiro atoms. The summed E-state index contributed by atoms with van der Waals surface area (Å²) >= 11 is 0. The molecule has 2 atom stereocenters. The number of aromatic nitrogens is 2. The molecular weight excluding hydrogens is 400 g/mol. The van der Waals surface area contributed by atoms with E-state index in [1.165, 1.54) is 0 Å². The molecule has 158 valence electrons. The molecule has 3 aromatic rings. The Balaban J connectivity index is 1.81. The Morgan fingerprint density at radius 2 is 1.87 bits per heavy atom. The number of fused-ring (bicyclic) bond motifs is 1. The van der Waals surface area contributed by atoms with Crippen molar-refractivity contribution in [2.24, 2.45) is 0 Å². The Morgan fingerprint density at radius 1 is 1.13 bits per heavy atom. The summed E-state index contributed by atoms with van der Waals surface area (Å²) < 4.78 is 10.5. The van der Waals surface area contributed by atoms with Crippen molar-refractivity contribution in [2.45, 2.75) is 32.8 Å². The van der Waals surface area contributed by atoms with Gasteiger partial charge in [0.15, 0.2) is 0 Å². The minimum absolute atomic E-state index is 0.149. The molecule has 2 aromatic carbocycles. The fourth-order valence-corrected chi connectivity index (χ4v) is 3.87. The summed E-state index contributed by atoms with van der Waals surface area (Å²) in [7, 11) is 0. The van der Waals surface area contributed by atoms with Gasteiger partial charge in [0.2, 0.25) is 0 Å². The van der Waals surface area contributed by atoms with Gasteiger partial charge in [0, 0.05) is 11.3 Å². The Bertz CT molecular complexity index is 1230. The van der Waals surface area contributed by atoms with Crippen molar-refractivity contribution in [2.75, 3.05) is 0 Å². The third-order valence-electron chi connectivity index (χ3n) is 5.32. The van der Waals surface area contributed by atoms with Crippen LogP contribution in [0.5, 0.6) is 0 Å². The summed E-state index contributed by atoms with van der Waals surface area (Å²) in [6.07, 6.45) is -0.537. The number of hydrogen-bond donors (Lipinski definition) is 1. The van der Waals surface area contributed by atoms with Crippen molar-refractivity contribution in [1.29, 1.82) is 0 Å². The molecule has 9 nitrogen and oxygen atoms in total. The quantitative estimate of drug-likeness (QED) is 0.374. The number of nitrogens with one attached hydrogen (secondary N) is 1.